The van der Waals surface area contributed by atoms with Gasteiger partial charge >= 0.3 is 12.0 Å². The first-order valence-corrected chi connectivity index (χ1v) is 7.19. The van der Waals surface area contributed by atoms with Gasteiger partial charge < -0.3 is 20.6 Å². The van der Waals surface area contributed by atoms with E-state index in [1.807, 2.05) is 0 Å². The predicted molar refractivity (Wildman–Crippen MR) is 75.6 cm³/mol. The van der Waals surface area contributed by atoms with Crippen LogP contribution in [0.2, 0.25) is 0 Å². The normalized spacial score (nSPS) is 28.2. The Morgan fingerprint density at radius 3 is 2.67 bits per heavy atom. The maximum absolute atomic E-state index is 12.2. The van der Waals surface area contributed by atoms with Gasteiger partial charge in [-0.3, -0.25) is 9.59 Å². The summed E-state index contributed by atoms with van der Waals surface area (Å²) >= 11 is 0. The number of rotatable bonds is 3. The van der Waals surface area contributed by atoms with Crippen LogP contribution in [0.3, 0.4) is 0 Å². The molecular formula is C14H21N3O4. The van der Waals surface area contributed by atoms with Crippen molar-refractivity contribution in [1.29, 1.82) is 0 Å². The van der Waals surface area contributed by atoms with E-state index in [4.69, 9.17) is 5.11 Å². The van der Waals surface area contributed by atoms with Crippen molar-refractivity contribution < 1.29 is 19.5 Å². The van der Waals surface area contributed by atoms with Crippen molar-refractivity contribution in [1.82, 2.24) is 15.5 Å². The monoisotopic (exact) mass is 295 g/mol. The number of carbonyl (C=O) groups is 3. The molecule has 2 rings (SSSR count). The Labute approximate surface area is 123 Å². The van der Waals surface area contributed by atoms with Crippen LogP contribution in [0, 0.1) is 11.8 Å². The van der Waals surface area contributed by atoms with Gasteiger partial charge in [0.15, 0.2) is 0 Å². The molecule has 0 radical (unpaired) electrons. The number of nitrogens with zero attached hydrogens (tertiary/aromatic N) is 1. The summed E-state index contributed by atoms with van der Waals surface area (Å²) in [6.45, 7) is 1.03. The van der Waals surface area contributed by atoms with Crippen LogP contribution in [-0.2, 0) is 9.59 Å². The first-order chi connectivity index (χ1) is 10.0. The quantitative estimate of drug-likeness (QED) is 0.647. The maximum atomic E-state index is 12.2. The summed E-state index contributed by atoms with van der Waals surface area (Å²) in [6, 6.07) is -0.483. The molecule has 3 atom stereocenters. The predicted octanol–water partition coefficient (Wildman–Crippen LogP) is 0.183. The number of piperidine rings is 1. The lowest BCUT2D eigenvalue weighted by Gasteiger charge is -2.32. The Kier molecular flexibility index (Phi) is 4.82. The molecule has 0 aromatic heterocycles. The van der Waals surface area contributed by atoms with Crippen LogP contribution in [0.15, 0.2) is 12.2 Å². The Morgan fingerprint density at radius 2 is 2.05 bits per heavy atom. The number of hydrogen-bond acceptors (Lipinski definition) is 3. The fourth-order valence-electron chi connectivity index (χ4n) is 2.82. The van der Waals surface area contributed by atoms with Crippen LogP contribution in [0.4, 0.5) is 4.79 Å². The second-order valence-corrected chi connectivity index (χ2v) is 5.52. The highest BCUT2D eigenvalue weighted by atomic mass is 16.4. The van der Waals surface area contributed by atoms with Crippen LogP contribution in [-0.4, -0.2) is 54.1 Å². The molecule has 2 aliphatic rings. The molecule has 3 N–H and O–H groups in total. The lowest BCUT2D eigenvalue weighted by atomic mass is 9.97. The van der Waals surface area contributed by atoms with E-state index in [2.05, 4.69) is 10.6 Å². The van der Waals surface area contributed by atoms with Crippen LogP contribution < -0.4 is 10.6 Å². The second-order valence-electron chi connectivity index (χ2n) is 5.52. The van der Waals surface area contributed by atoms with E-state index in [-0.39, 0.29) is 23.9 Å². The van der Waals surface area contributed by atoms with Crippen LogP contribution in [0.1, 0.15) is 19.3 Å². The molecule has 7 nitrogen and oxygen atoms in total. The van der Waals surface area contributed by atoms with Gasteiger partial charge in [0.2, 0.25) is 5.91 Å². The standard InChI is InChI=1S/C14H21N3O4/c1-15-12(18)10-3-2-6-17(8-10)14(21)16-11-5-4-9(7-11)13(19)20/h4-5,9-11H,2-3,6-8H2,1H3,(H,15,18)(H,16,21)(H,19,20). The SMILES string of the molecule is CNC(=O)C1CCCN(C(=O)NC2C=CC(C(=O)O)C2)C1. The first-order valence-electron chi connectivity index (χ1n) is 7.19. The molecule has 7 heteroatoms. The Balaban J connectivity index is 1.85. The topological polar surface area (TPSA) is 98.7 Å². The van der Waals surface area contributed by atoms with E-state index in [1.165, 1.54) is 0 Å². The van der Waals surface area contributed by atoms with Crippen molar-refractivity contribution in [3.05, 3.63) is 12.2 Å². The molecule has 116 valence electrons. The smallest absolute Gasteiger partial charge is 0.317 e. The zero-order valence-corrected chi connectivity index (χ0v) is 12.0. The average molecular weight is 295 g/mol. The van der Waals surface area contributed by atoms with Crippen molar-refractivity contribution in [2.45, 2.75) is 25.3 Å². The molecule has 1 aliphatic heterocycles. The molecule has 0 saturated carbocycles. The molecule has 0 bridgehead atoms. The number of amides is 3. The zero-order valence-electron chi connectivity index (χ0n) is 12.0. The third kappa shape index (κ3) is 3.74. The van der Waals surface area contributed by atoms with Gasteiger partial charge in [0.25, 0.3) is 0 Å². The Bertz CT molecular complexity index is 463. The number of nitrogens with one attached hydrogen (secondary N) is 2. The minimum Gasteiger partial charge on any atom is -0.481 e. The van der Waals surface area contributed by atoms with Crippen LogP contribution >= 0.6 is 0 Å². The van der Waals surface area contributed by atoms with Gasteiger partial charge in [-0.15, -0.1) is 0 Å². The molecule has 21 heavy (non-hydrogen) atoms. The van der Waals surface area contributed by atoms with Crippen LogP contribution in [0.25, 0.3) is 0 Å². The molecule has 1 heterocycles. The van der Waals surface area contributed by atoms with E-state index < -0.39 is 11.9 Å². The lowest BCUT2D eigenvalue weighted by Crippen LogP contribution is -2.50. The summed E-state index contributed by atoms with van der Waals surface area (Å²) in [5, 5.41) is 14.3. The summed E-state index contributed by atoms with van der Waals surface area (Å²) in [6.07, 6.45) is 5.29. The van der Waals surface area contributed by atoms with E-state index in [0.29, 0.717) is 19.5 Å². The van der Waals surface area contributed by atoms with E-state index in [9.17, 15) is 14.4 Å². The molecule has 1 saturated heterocycles. The highest BCUT2D eigenvalue weighted by molar-refractivity contribution is 5.81. The molecule has 3 amide bonds. The number of carboxylic acid groups (broad SMARTS) is 1. The molecule has 0 aromatic rings. The van der Waals surface area contributed by atoms with E-state index in [1.54, 1.807) is 24.1 Å². The van der Waals surface area contributed by atoms with Crippen molar-refractivity contribution in [2.75, 3.05) is 20.1 Å². The van der Waals surface area contributed by atoms with Gasteiger partial charge in [-0.2, -0.15) is 0 Å². The minimum atomic E-state index is -0.874. The van der Waals surface area contributed by atoms with Gasteiger partial charge in [0.1, 0.15) is 0 Å². The highest BCUT2D eigenvalue weighted by Gasteiger charge is 2.30. The maximum Gasteiger partial charge on any atom is 0.317 e. The van der Waals surface area contributed by atoms with Gasteiger partial charge in [-0.25, -0.2) is 4.79 Å². The van der Waals surface area contributed by atoms with Gasteiger partial charge in [-0.1, -0.05) is 12.2 Å². The number of urea groups is 1. The van der Waals surface area contributed by atoms with E-state index in [0.717, 1.165) is 12.8 Å². The summed E-state index contributed by atoms with van der Waals surface area (Å²) in [5.74, 6) is -1.62. The van der Waals surface area contributed by atoms with Crippen molar-refractivity contribution in [2.24, 2.45) is 11.8 Å². The van der Waals surface area contributed by atoms with Crippen molar-refractivity contribution in [3.63, 3.8) is 0 Å². The minimum absolute atomic E-state index is 0.0424. The number of carboxylic acids is 1. The van der Waals surface area contributed by atoms with Gasteiger partial charge in [-0.05, 0) is 19.3 Å². The first kappa shape index (κ1) is 15.3. The average Bonchev–Trinajstić information content (AvgIpc) is 2.95. The molecule has 3 unspecified atom stereocenters. The highest BCUT2D eigenvalue weighted by Crippen LogP contribution is 2.20. The van der Waals surface area contributed by atoms with Gasteiger partial charge in [0, 0.05) is 20.1 Å². The lowest BCUT2D eigenvalue weighted by molar-refractivity contribution is -0.140. The summed E-state index contributed by atoms with van der Waals surface area (Å²) in [7, 11) is 1.59. The summed E-state index contributed by atoms with van der Waals surface area (Å²) in [4.78, 5) is 36.3. The third-order valence-corrected chi connectivity index (χ3v) is 4.04. The Hall–Kier alpha value is -2.05. The number of hydrogen-bond donors (Lipinski definition) is 3. The van der Waals surface area contributed by atoms with Crippen LogP contribution in [0.5, 0.6) is 0 Å². The largest absolute Gasteiger partial charge is 0.481 e. The molecule has 0 spiro atoms. The molecule has 1 fully saturated rings. The number of carbonyl (C=O) groups excluding carboxylic acids is 2. The molecule has 0 aromatic carbocycles. The van der Waals surface area contributed by atoms with Crippen molar-refractivity contribution in [3.8, 4) is 0 Å². The second kappa shape index (κ2) is 6.60. The fraction of sp³-hybridized carbons (Fsp3) is 0.643. The molecule has 1 aliphatic carbocycles. The molecular weight excluding hydrogens is 274 g/mol. The summed E-state index contributed by atoms with van der Waals surface area (Å²) in [5.41, 5.74) is 0. The van der Waals surface area contributed by atoms with Gasteiger partial charge in [0.05, 0.1) is 17.9 Å². The Morgan fingerprint density at radius 1 is 1.29 bits per heavy atom. The fourth-order valence-corrected chi connectivity index (χ4v) is 2.82. The number of aliphatic carboxylic acids is 1. The van der Waals surface area contributed by atoms with Crippen molar-refractivity contribution >= 4 is 17.9 Å². The zero-order chi connectivity index (χ0) is 15.4. The number of likely N-dealkylation sites (tertiary alicyclic amines) is 1. The summed E-state index contributed by atoms with van der Waals surface area (Å²) < 4.78 is 0. The van der Waals surface area contributed by atoms with E-state index >= 15 is 0 Å². The third-order valence-electron chi connectivity index (χ3n) is 4.04.